The summed E-state index contributed by atoms with van der Waals surface area (Å²) in [4.78, 5) is 51.6. The molecule has 2 N–H and O–H groups in total. The van der Waals surface area contributed by atoms with E-state index in [1.165, 1.54) is 4.90 Å². The van der Waals surface area contributed by atoms with Gasteiger partial charge in [0.05, 0.1) is 6.42 Å². The van der Waals surface area contributed by atoms with Gasteiger partial charge in [-0.3, -0.25) is 19.6 Å². The minimum absolute atomic E-state index is 0.0680. The van der Waals surface area contributed by atoms with Crippen molar-refractivity contribution in [3.63, 3.8) is 0 Å². The van der Waals surface area contributed by atoms with Crippen molar-refractivity contribution in [3.05, 3.63) is 48.0 Å². The number of nitrogens with zero attached hydrogens (tertiary/aromatic N) is 2. The van der Waals surface area contributed by atoms with Gasteiger partial charge in [0.2, 0.25) is 5.91 Å². The number of alkyl carbamates (subject to hydrolysis) is 1. The molecule has 4 atom stereocenters. The summed E-state index contributed by atoms with van der Waals surface area (Å²) in [5.74, 6) is -1.53. The molecule has 0 aliphatic carbocycles. The van der Waals surface area contributed by atoms with Crippen LogP contribution in [-0.2, 0) is 30.5 Å². The normalized spacial score (nSPS) is 26.8. The molecule has 10 heteroatoms. The van der Waals surface area contributed by atoms with Crippen LogP contribution in [0.25, 0.3) is 0 Å². The molecule has 2 fully saturated rings. The first kappa shape index (κ1) is 22.8. The number of carbonyl (C=O) groups is 4. The molecule has 4 rings (SSSR count). The molecule has 33 heavy (non-hydrogen) atoms. The van der Waals surface area contributed by atoms with E-state index in [4.69, 9.17) is 9.47 Å². The first-order chi connectivity index (χ1) is 15.9. The third-order valence-electron chi connectivity index (χ3n) is 6.20. The maximum absolute atomic E-state index is 13.4. The van der Waals surface area contributed by atoms with Gasteiger partial charge in [-0.25, -0.2) is 9.86 Å². The van der Waals surface area contributed by atoms with Gasteiger partial charge in [0.1, 0.15) is 31.3 Å². The van der Waals surface area contributed by atoms with Gasteiger partial charge in [-0.05, 0) is 31.2 Å². The highest BCUT2D eigenvalue weighted by molar-refractivity contribution is 5.92. The van der Waals surface area contributed by atoms with Crippen LogP contribution in [0.1, 0.15) is 37.7 Å². The summed E-state index contributed by atoms with van der Waals surface area (Å²) in [6.45, 7) is -0.0101. The van der Waals surface area contributed by atoms with Crippen LogP contribution in [0.5, 0.6) is 0 Å². The lowest BCUT2D eigenvalue weighted by molar-refractivity contribution is -0.182. The smallest absolute Gasteiger partial charge is 0.408 e. The minimum Gasteiger partial charge on any atom is -0.463 e. The van der Waals surface area contributed by atoms with Crippen molar-refractivity contribution < 1.29 is 33.9 Å². The van der Waals surface area contributed by atoms with Gasteiger partial charge in [0.25, 0.3) is 5.91 Å². The van der Waals surface area contributed by atoms with E-state index in [0.717, 1.165) is 5.56 Å². The minimum atomic E-state index is -0.899. The van der Waals surface area contributed by atoms with Crippen molar-refractivity contribution in [1.29, 1.82) is 0 Å². The fourth-order valence-corrected chi connectivity index (χ4v) is 4.47. The molecular formula is C23H27N3O7. The van der Waals surface area contributed by atoms with E-state index in [1.54, 1.807) is 0 Å². The molecule has 0 saturated carbocycles. The standard InChI is InChI=1S/C23H27N3O7/c27-20-12-17(14-32-20)26(31)22(29)19-11-10-16-8-4-5-9-18(21(28)25(16)19)24-23(30)33-13-15-6-2-1-3-7-15/h1-7,16-19,31H,8-14H2,(H,24,30). The molecule has 3 amide bonds. The highest BCUT2D eigenvalue weighted by Gasteiger charge is 2.46. The highest BCUT2D eigenvalue weighted by Crippen LogP contribution is 2.31. The van der Waals surface area contributed by atoms with E-state index in [-0.39, 0.29) is 32.1 Å². The largest absolute Gasteiger partial charge is 0.463 e. The van der Waals surface area contributed by atoms with Crippen LogP contribution < -0.4 is 5.32 Å². The Morgan fingerprint density at radius 3 is 2.64 bits per heavy atom. The van der Waals surface area contributed by atoms with E-state index in [0.29, 0.717) is 24.3 Å². The first-order valence-electron chi connectivity index (χ1n) is 11.1. The Bertz CT molecular complexity index is 935. The summed E-state index contributed by atoms with van der Waals surface area (Å²) in [6.07, 6.45) is 4.77. The van der Waals surface area contributed by atoms with Gasteiger partial charge in [-0.1, -0.05) is 42.5 Å². The van der Waals surface area contributed by atoms with Gasteiger partial charge in [0.15, 0.2) is 0 Å². The molecular weight excluding hydrogens is 430 g/mol. The van der Waals surface area contributed by atoms with E-state index in [1.807, 2.05) is 42.5 Å². The Balaban J connectivity index is 1.42. The zero-order valence-corrected chi connectivity index (χ0v) is 18.1. The van der Waals surface area contributed by atoms with Crippen molar-refractivity contribution >= 4 is 23.9 Å². The van der Waals surface area contributed by atoms with E-state index in [9.17, 15) is 24.4 Å². The van der Waals surface area contributed by atoms with Gasteiger partial charge >= 0.3 is 12.1 Å². The summed E-state index contributed by atoms with van der Waals surface area (Å²) in [5, 5.41) is 13.5. The summed E-state index contributed by atoms with van der Waals surface area (Å²) in [7, 11) is 0. The third-order valence-corrected chi connectivity index (χ3v) is 6.20. The molecule has 2 saturated heterocycles. The van der Waals surface area contributed by atoms with Crippen molar-refractivity contribution in [1.82, 2.24) is 15.3 Å². The predicted molar refractivity (Wildman–Crippen MR) is 114 cm³/mol. The number of ether oxygens (including phenoxy) is 2. The maximum Gasteiger partial charge on any atom is 0.408 e. The second-order valence-electron chi connectivity index (χ2n) is 8.42. The topological polar surface area (TPSA) is 125 Å². The Morgan fingerprint density at radius 1 is 1.15 bits per heavy atom. The number of hydroxylamine groups is 2. The zero-order chi connectivity index (χ0) is 23.4. The molecule has 3 aliphatic rings. The number of benzene rings is 1. The quantitative estimate of drug-likeness (QED) is 0.297. The number of rotatable bonds is 5. The maximum atomic E-state index is 13.4. The summed E-state index contributed by atoms with van der Waals surface area (Å²) >= 11 is 0. The summed E-state index contributed by atoms with van der Waals surface area (Å²) in [5.41, 5.74) is 0.819. The second-order valence-corrected chi connectivity index (χ2v) is 8.42. The number of amides is 3. The Hall–Kier alpha value is -3.40. The number of nitrogens with one attached hydrogen (secondary N) is 1. The molecule has 0 bridgehead atoms. The lowest BCUT2D eigenvalue weighted by Gasteiger charge is -2.35. The van der Waals surface area contributed by atoms with Gasteiger partial charge in [-0.2, -0.15) is 0 Å². The van der Waals surface area contributed by atoms with Crippen LogP contribution in [-0.4, -0.2) is 69.8 Å². The lowest BCUT2D eigenvalue weighted by atomic mass is 10.0. The summed E-state index contributed by atoms with van der Waals surface area (Å²) in [6, 6.07) is 6.42. The van der Waals surface area contributed by atoms with Crippen LogP contribution in [0.15, 0.2) is 42.5 Å². The number of esters is 1. The number of fused-ring (bicyclic) bond motifs is 1. The molecule has 0 aromatic heterocycles. The molecule has 4 unspecified atom stereocenters. The fourth-order valence-electron chi connectivity index (χ4n) is 4.47. The first-order valence-corrected chi connectivity index (χ1v) is 11.1. The SMILES string of the molecule is O=C1CC(N(O)C(=O)C2CCC3CC=CCC(NC(=O)OCc4ccccc4)C(=O)N32)CO1. The Labute approximate surface area is 191 Å². The monoisotopic (exact) mass is 457 g/mol. The van der Waals surface area contributed by atoms with Crippen LogP contribution in [0.3, 0.4) is 0 Å². The summed E-state index contributed by atoms with van der Waals surface area (Å²) < 4.78 is 10.1. The lowest BCUT2D eigenvalue weighted by Crippen LogP contribution is -2.57. The van der Waals surface area contributed by atoms with Crippen molar-refractivity contribution in [2.24, 2.45) is 0 Å². The second kappa shape index (κ2) is 10.0. The number of hydrogen-bond acceptors (Lipinski definition) is 7. The van der Waals surface area contributed by atoms with E-state index in [2.05, 4.69) is 5.32 Å². The van der Waals surface area contributed by atoms with Crippen molar-refractivity contribution in [2.75, 3.05) is 6.61 Å². The van der Waals surface area contributed by atoms with Crippen LogP contribution in [0, 0.1) is 0 Å². The molecule has 3 heterocycles. The molecule has 1 aromatic rings. The zero-order valence-electron chi connectivity index (χ0n) is 18.1. The van der Waals surface area contributed by atoms with Gasteiger partial charge in [0, 0.05) is 6.04 Å². The van der Waals surface area contributed by atoms with Crippen molar-refractivity contribution in [2.45, 2.75) is 62.9 Å². The van der Waals surface area contributed by atoms with E-state index >= 15 is 0 Å². The van der Waals surface area contributed by atoms with Gasteiger partial charge < -0.3 is 19.7 Å². The van der Waals surface area contributed by atoms with E-state index < -0.39 is 42.0 Å². The molecule has 1 aromatic carbocycles. The molecule has 0 spiro atoms. The number of carbonyl (C=O) groups excluding carboxylic acids is 4. The number of hydrogen-bond donors (Lipinski definition) is 2. The average Bonchev–Trinajstić information content (AvgIpc) is 3.44. The predicted octanol–water partition coefficient (Wildman–Crippen LogP) is 1.52. The average molecular weight is 457 g/mol. The third kappa shape index (κ3) is 5.16. The van der Waals surface area contributed by atoms with Gasteiger partial charge in [-0.15, -0.1) is 0 Å². The highest BCUT2D eigenvalue weighted by atomic mass is 16.6. The fraction of sp³-hybridized carbons (Fsp3) is 0.478. The number of cyclic esters (lactones) is 1. The Morgan fingerprint density at radius 2 is 1.91 bits per heavy atom. The Kier molecular flexibility index (Phi) is 6.93. The molecule has 3 aliphatic heterocycles. The van der Waals surface area contributed by atoms with Crippen LogP contribution in [0.4, 0.5) is 4.79 Å². The molecule has 0 radical (unpaired) electrons. The van der Waals surface area contributed by atoms with Crippen LogP contribution >= 0.6 is 0 Å². The molecule has 176 valence electrons. The van der Waals surface area contributed by atoms with Crippen LogP contribution in [0.2, 0.25) is 0 Å². The van der Waals surface area contributed by atoms with Crippen molar-refractivity contribution in [3.8, 4) is 0 Å². The molecule has 10 nitrogen and oxygen atoms in total.